The Labute approximate surface area is 131 Å². The third-order valence-electron chi connectivity index (χ3n) is 4.25. The van der Waals surface area contributed by atoms with Crippen molar-refractivity contribution < 1.29 is 13.2 Å². The number of hydrogen-bond donors (Lipinski definition) is 1. The number of anilines is 1. The summed E-state index contributed by atoms with van der Waals surface area (Å²) in [6.45, 7) is 2.79. The van der Waals surface area contributed by atoms with Crippen LogP contribution < -0.4 is 5.73 Å². The zero-order valence-electron chi connectivity index (χ0n) is 13.2. The summed E-state index contributed by atoms with van der Waals surface area (Å²) in [6, 6.07) is 5.35. The Hall–Kier alpha value is -1.60. The fourth-order valence-electron chi connectivity index (χ4n) is 2.79. The van der Waals surface area contributed by atoms with E-state index in [0.29, 0.717) is 37.2 Å². The summed E-state index contributed by atoms with van der Waals surface area (Å²) in [5, 5.41) is 0. The summed E-state index contributed by atoms with van der Waals surface area (Å²) in [6.07, 6.45) is 2.52. The van der Waals surface area contributed by atoms with Crippen LogP contribution in [0.2, 0.25) is 0 Å². The van der Waals surface area contributed by atoms with Crippen LogP contribution in [0.25, 0.3) is 0 Å². The number of sulfonamides is 1. The van der Waals surface area contributed by atoms with Crippen molar-refractivity contribution in [3.63, 3.8) is 0 Å². The quantitative estimate of drug-likeness (QED) is 0.843. The van der Waals surface area contributed by atoms with E-state index < -0.39 is 10.0 Å². The van der Waals surface area contributed by atoms with Gasteiger partial charge in [0, 0.05) is 37.4 Å². The maximum atomic E-state index is 12.6. The van der Waals surface area contributed by atoms with Crippen molar-refractivity contribution in [1.82, 2.24) is 9.21 Å². The zero-order chi connectivity index (χ0) is 16.5. The van der Waals surface area contributed by atoms with E-state index in [1.54, 1.807) is 24.1 Å². The van der Waals surface area contributed by atoms with Gasteiger partial charge in [0.25, 0.3) is 5.91 Å². The van der Waals surface area contributed by atoms with Crippen molar-refractivity contribution in [3.05, 3.63) is 29.3 Å². The first-order chi connectivity index (χ1) is 10.2. The highest BCUT2D eigenvalue weighted by Gasteiger charge is 2.29. The highest BCUT2D eigenvalue weighted by Crippen LogP contribution is 2.21. The SMILES string of the molecule is Cc1ccc(N)cc1C(=O)N(C)C1CCN(S(C)(=O)=O)CC1. The molecule has 22 heavy (non-hydrogen) atoms. The molecule has 7 heteroatoms. The van der Waals surface area contributed by atoms with Crippen LogP contribution in [0.5, 0.6) is 0 Å². The van der Waals surface area contributed by atoms with Gasteiger partial charge in [0.1, 0.15) is 0 Å². The number of piperidine rings is 1. The molecule has 0 saturated carbocycles. The highest BCUT2D eigenvalue weighted by atomic mass is 32.2. The normalized spacial score (nSPS) is 17.4. The van der Waals surface area contributed by atoms with E-state index in [0.717, 1.165) is 5.56 Å². The summed E-state index contributed by atoms with van der Waals surface area (Å²) in [4.78, 5) is 14.3. The van der Waals surface area contributed by atoms with E-state index in [-0.39, 0.29) is 11.9 Å². The molecule has 6 nitrogen and oxygen atoms in total. The Morgan fingerprint density at radius 3 is 2.45 bits per heavy atom. The fourth-order valence-corrected chi connectivity index (χ4v) is 3.66. The number of hydrogen-bond acceptors (Lipinski definition) is 4. The minimum Gasteiger partial charge on any atom is -0.399 e. The van der Waals surface area contributed by atoms with Gasteiger partial charge in [0.2, 0.25) is 10.0 Å². The number of carbonyl (C=O) groups excluding carboxylic acids is 1. The third kappa shape index (κ3) is 3.59. The van der Waals surface area contributed by atoms with Gasteiger partial charge in [0.15, 0.2) is 0 Å². The molecular weight excluding hydrogens is 302 g/mol. The smallest absolute Gasteiger partial charge is 0.254 e. The van der Waals surface area contributed by atoms with Gasteiger partial charge in [-0.3, -0.25) is 4.79 Å². The number of amides is 1. The predicted octanol–water partition coefficient (Wildman–Crippen LogP) is 1.07. The maximum absolute atomic E-state index is 12.6. The van der Waals surface area contributed by atoms with Crippen molar-refractivity contribution >= 4 is 21.6 Å². The van der Waals surface area contributed by atoms with E-state index >= 15 is 0 Å². The zero-order valence-corrected chi connectivity index (χ0v) is 14.1. The lowest BCUT2D eigenvalue weighted by Crippen LogP contribution is -2.47. The number of carbonyl (C=O) groups is 1. The molecule has 0 unspecified atom stereocenters. The Kier molecular flexibility index (Phi) is 4.77. The van der Waals surface area contributed by atoms with Gasteiger partial charge in [0.05, 0.1) is 6.26 Å². The Bertz CT molecular complexity index is 665. The van der Waals surface area contributed by atoms with Gasteiger partial charge in [-0.2, -0.15) is 0 Å². The van der Waals surface area contributed by atoms with Gasteiger partial charge in [-0.05, 0) is 37.5 Å². The summed E-state index contributed by atoms with van der Waals surface area (Å²) in [5.74, 6) is -0.0670. The van der Waals surface area contributed by atoms with Crippen LogP contribution in [-0.2, 0) is 10.0 Å². The average Bonchev–Trinajstić information content (AvgIpc) is 2.47. The van der Waals surface area contributed by atoms with E-state index in [1.165, 1.54) is 10.6 Å². The van der Waals surface area contributed by atoms with Crippen molar-refractivity contribution in [3.8, 4) is 0 Å². The molecule has 1 heterocycles. The standard InChI is InChI=1S/C15H23N3O3S/c1-11-4-5-12(16)10-14(11)15(19)17(2)13-6-8-18(9-7-13)22(3,20)21/h4-5,10,13H,6-9,16H2,1-3H3. The van der Waals surface area contributed by atoms with Crippen molar-refractivity contribution in [2.24, 2.45) is 0 Å². The summed E-state index contributed by atoms with van der Waals surface area (Å²) in [5.41, 5.74) is 7.82. The van der Waals surface area contributed by atoms with Crippen LogP contribution in [-0.4, -0.2) is 56.0 Å². The van der Waals surface area contributed by atoms with E-state index in [1.807, 2.05) is 13.0 Å². The van der Waals surface area contributed by atoms with Crippen molar-refractivity contribution in [1.29, 1.82) is 0 Å². The fraction of sp³-hybridized carbons (Fsp3) is 0.533. The molecule has 1 saturated heterocycles. The maximum Gasteiger partial charge on any atom is 0.254 e. The molecule has 1 aliphatic rings. The minimum atomic E-state index is -3.15. The lowest BCUT2D eigenvalue weighted by molar-refractivity contribution is 0.0681. The number of aryl methyl sites for hydroxylation is 1. The van der Waals surface area contributed by atoms with Crippen LogP contribution in [0.3, 0.4) is 0 Å². The van der Waals surface area contributed by atoms with Gasteiger partial charge in [-0.1, -0.05) is 6.07 Å². The largest absolute Gasteiger partial charge is 0.399 e. The Morgan fingerprint density at radius 1 is 1.32 bits per heavy atom. The summed E-state index contributed by atoms with van der Waals surface area (Å²) in [7, 11) is -1.38. The second kappa shape index (κ2) is 6.26. The topological polar surface area (TPSA) is 83.7 Å². The second-order valence-electron chi connectivity index (χ2n) is 5.88. The Morgan fingerprint density at radius 2 is 1.91 bits per heavy atom. The molecule has 2 rings (SSSR count). The van der Waals surface area contributed by atoms with Crippen molar-refractivity contribution in [2.45, 2.75) is 25.8 Å². The lowest BCUT2D eigenvalue weighted by atomic mass is 10.0. The predicted molar refractivity (Wildman–Crippen MR) is 87.1 cm³/mol. The van der Waals surface area contributed by atoms with Crippen LogP contribution in [0, 0.1) is 6.92 Å². The minimum absolute atomic E-state index is 0.0475. The lowest BCUT2D eigenvalue weighted by Gasteiger charge is -2.35. The number of nitrogens with two attached hydrogens (primary N) is 1. The molecule has 0 radical (unpaired) electrons. The number of benzene rings is 1. The number of nitrogens with zero attached hydrogens (tertiary/aromatic N) is 2. The highest BCUT2D eigenvalue weighted by molar-refractivity contribution is 7.88. The molecule has 1 aliphatic heterocycles. The molecular formula is C15H23N3O3S. The third-order valence-corrected chi connectivity index (χ3v) is 5.56. The van der Waals surface area contributed by atoms with E-state index in [4.69, 9.17) is 5.73 Å². The molecule has 1 aromatic carbocycles. The van der Waals surface area contributed by atoms with Gasteiger partial charge in [-0.25, -0.2) is 12.7 Å². The molecule has 0 aromatic heterocycles. The molecule has 0 atom stereocenters. The van der Waals surface area contributed by atoms with Crippen LogP contribution in [0.4, 0.5) is 5.69 Å². The van der Waals surface area contributed by atoms with Gasteiger partial charge < -0.3 is 10.6 Å². The first kappa shape index (κ1) is 16.8. The first-order valence-electron chi connectivity index (χ1n) is 7.28. The number of rotatable bonds is 3. The summed E-state index contributed by atoms with van der Waals surface area (Å²) < 4.78 is 24.5. The molecule has 0 bridgehead atoms. The summed E-state index contributed by atoms with van der Waals surface area (Å²) >= 11 is 0. The Balaban J connectivity index is 2.08. The van der Waals surface area contributed by atoms with Crippen LogP contribution in [0.1, 0.15) is 28.8 Å². The van der Waals surface area contributed by atoms with Gasteiger partial charge in [-0.15, -0.1) is 0 Å². The van der Waals surface area contributed by atoms with E-state index in [2.05, 4.69) is 0 Å². The molecule has 0 aliphatic carbocycles. The van der Waals surface area contributed by atoms with Crippen LogP contribution in [0.15, 0.2) is 18.2 Å². The van der Waals surface area contributed by atoms with Crippen molar-refractivity contribution in [2.75, 3.05) is 32.1 Å². The molecule has 1 fully saturated rings. The second-order valence-corrected chi connectivity index (χ2v) is 7.87. The van der Waals surface area contributed by atoms with E-state index in [9.17, 15) is 13.2 Å². The molecule has 0 spiro atoms. The van der Waals surface area contributed by atoms with Crippen LogP contribution >= 0.6 is 0 Å². The number of nitrogen functional groups attached to an aromatic ring is 1. The molecule has 2 N–H and O–H groups in total. The molecule has 122 valence electrons. The first-order valence-corrected chi connectivity index (χ1v) is 9.13. The monoisotopic (exact) mass is 325 g/mol. The average molecular weight is 325 g/mol. The van der Waals surface area contributed by atoms with Gasteiger partial charge >= 0.3 is 0 Å². The molecule has 1 aromatic rings. The molecule has 1 amide bonds.